The molecule has 1 aromatic carbocycles. The first-order valence-electron chi connectivity index (χ1n) is 7.95. The number of benzene rings is 1. The maximum absolute atomic E-state index is 12.4. The molecular formula is C17H25N5O2. The molecule has 0 spiro atoms. The summed E-state index contributed by atoms with van der Waals surface area (Å²) in [5, 5.41) is 11.0. The van der Waals surface area contributed by atoms with Crippen LogP contribution in [-0.2, 0) is 0 Å². The highest BCUT2D eigenvalue weighted by atomic mass is 16.5. The van der Waals surface area contributed by atoms with Gasteiger partial charge in [0.25, 0.3) is 5.91 Å². The van der Waals surface area contributed by atoms with Gasteiger partial charge in [-0.3, -0.25) is 4.79 Å². The quantitative estimate of drug-likeness (QED) is 0.842. The van der Waals surface area contributed by atoms with Crippen molar-refractivity contribution in [2.24, 2.45) is 5.73 Å². The van der Waals surface area contributed by atoms with Gasteiger partial charge in [0, 0.05) is 12.1 Å². The van der Waals surface area contributed by atoms with Crippen LogP contribution < -0.4 is 15.8 Å². The molecule has 1 aromatic heterocycles. The van der Waals surface area contributed by atoms with E-state index in [4.69, 9.17) is 10.5 Å². The Morgan fingerprint density at radius 3 is 2.50 bits per heavy atom. The molecule has 0 saturated heterocycles. The SMILES string of the molecule is Cc1c(C(=O)NC(C)(C)CN)nnn1-c1ccc(OC(C)C)cc1. The molecule has 0 fully saturated rings. The second kappa shape index (κ2) is 7.00. The van der Waals surface area contributed by atoms with Crippen molar-refractivity contribution in [3.63, 3.8) is 0 Å². The Balaban J connectivity index is 2.22. The first kappa shape index (κ1) is 17.9. The van der Waals surface area contributed by atoms with Gasteiger partial charge in [-0.2, -0.15) is 0 Å². The minimum absolute atomic E-state index is 0.116. The van der Waals surface area contributed by atoms with Crippen LogP contribution in [0.3, 0.4) is 0 Å². The normalized spacial score (nSPS) is 11.6. The molecule has 0 atom stereocenters. The van der Waals surface area contributed by atoms with E-state index in [0.29, 0.717) is 17.9 Å². The van der Waals surface area contributed by atoms with E-state index >= 15 is 0 Å². The molecule has 0 aliphatic heterocycles. The monoisotopic (exact) mass is 331 g/mol. The van der Waals surface area contributed by atoms with Crippen molar-refractivity contribution in [1.82, 2.24) is 20.3 Å². The summed E-state index contributed by atoms with van der Waals surface area (Å²) < 4.78 is 7.25. The van der Waals surface area contributed by atoms with E-state index in [-0.39, 0.29) is 12.0 Å². The minimum atomic E-state index is -0.497. The molecule has 7 nitrogen and oxygen atoms in total. The number of carbonyl (C=O) groups is 1. The number of nitrogens with zero attached hydrogens (tertiary/aromatic N) is 3. The predicted molar refractivity (Wildman–Crippen MR) is 92.5 cm³/mol. The number of aromatic nitrogens is 3. The molecule has 0 unspecified atom stereocenters. The number of rotatable bonds is 6. The van der Waals surface area contributed by atoms with E-state index in [0.717, 1.165) is 11.4 Å². The van der Waals surface area contributed by atoms with Crippen LogP contribution in [0.5, 0.6) is 5.75 Å². The maximum Gasteiger partial charge on any atom is 0.274 e. The summed E-state index contributed by atoms with van der Waals surface area (Å²) >= 11 is 0. The molecule has 1 amide bonds. The molecule has 3 N–H and O–H groups in total. The van der Waals surface area contributed by atoms with Gasteiger partial charge in [-0.1, -0.05) is 5.21 Å². The molecule has 2 aromatic rings. The van der Waals surface area contributed by atoms with E-state index in [1.54, 1.807) is 4.68 Å². The Bertz CT molecular complexity index is 704. The summed E-state index contributed by atoms with van der Waals surface area (Å²) in [6.07, 6.45) is 0.116. The second-order valence-electron chi connectivity index (χ2n) is 6.64. The molecule has 0 saturated carbocycles. The average molecular weight is 331 g/mol. The molecule has 1 heterocycles. The molecule has 24 heavy (non-hydrogen) atoms. The number of carbonyl (C=O) groups excluding carboxylic acids is 1. The molecule has 0 bridgehead atoms. The van der Waals surface area contributed by atoms with Gasteiger partial charge in [-0.05, 0) is 58.9 Å². The van der Waals surface area contributed by atoms with Gasteiger partial charge in [-0.25, -0.2) is 4.68 Å². The van der Waals surface area contributed by atoms with Crippen molar-refractivity contribution >= 4 is 5.91 Å². The zero-order valence-electron chi connectivity index (χ0n) is 14.8. The Morgan fingerprint density at radius 2 is 1.96 bits per heavy atom. The molecule has 0 aliphatic rings. The second-order valence-corrected chi connectivity index (χ2v) is 6.64. The van der Waals surface area contributed by atoms with Gasteiger partial charge in [0.1, 0.15) is 5.75 Å². The van der Waals surface area contributed by atoms with E-state index in [2.05, 4.69) is 15.6 Å². The van der Waals surface area contributed by atoms with Crippen LogP contribution in [-0.4, -0.2) is 39.1 Å². The van der Waals surface area contributed by atoms with Crippen LogP contribution in [0.25, 0.3) is 5.69 Å². The number of hydrogen-bond donors (Lipinski definition) is 2. The maximum atomic E-state index is 12.4. The Labute approximate surface area is 142 Å². The summed E-state index contributed by atoms with van der Waals surface area (Å²) in [6, 6.07) is 7.50. The van der Waals surface area contributed by atoms with Crippen LogP contribution in [0.2, 0.25) is 0 Å². The lowest BCUT2D eigenvalue weighted by Crippen LogP contribution is -2.49. The standard InChI is InChI=1S/C17H25N5O2/c1-11(2)24-14-8-6-13(7-9-14)22-12(3)15(20-21-22)16(23)19-17(4,5)10-18/h6-9,11H,10,18H2,1-5H3,(H,19,23). The highest BCUT2D eigenvalue weighted by Gasteiger charge is 2.23. The zero-order valence-corrected chi connectivity index (χ0v) is 14.8. The van der Waals surface area contributed by atoms with E-state index in [9.17, 15) is 4.79 Å². The first-order chi connectivity index (χ1) is 11.2. The zero-order chi connectivity index (χ0) is 17.9. The lowest BCUT2D eigenvalue weighted by atomic mass is 10.1. The van der Waals surface area contributed by atoms with Crippen molar-refractivity contribution < 1.29 is 9.53 Å². The Hall–Kier alpha value is -2.41. The fourth-order valence-electron chi connectivity index (χ4n) is 2.14. The number of amides is 1. The third-order valence-electron chi connectivity index (χ3n) is 3.52. The van der Waals surface area contributed by atoms with Crippen LogP contribution in [0, 0.1) is 6.92 Å². The lowest BCUT2D eigenvalue weighted by Gasteiger charge is -2.23. The number of hydrogen-bond acceptors (Lipinski definition) is 5. The smallest absolute Gasteiger partial charge is 0.274 e. The molecule has 7 heteroatoms. The predicted octanol–water partition coefficient (Wildman–Crippen LogP) is 1.83. The third kappa shape index (κ3) is 4.11. The summed E-state index contributed by atoms with van der Waals surface area (Å²) in [5.41, 5.74) is 6.92. The lowest BCUT2D eigenvalue weighted by molar-refractivity contribution is 0.0910. The molecule has 0 aliphatic carbocycles. The molecule has 130 valence electrons. The molecule has 2 rings (SSSR count). The molecular weight excluding hydrogens is 306 g/mol. The summed E-state index contributed by atoms with van der Waals surface area (Å²) in [5.74, 6) is 0.503. The van der Waals surface area contributed by atoms with E-state index < -0.39 is 5.54 Å². The Morgan fingerprint density at radius 1 is 1.33 bits per heavy atom. The van der Waals surface area contributed by atoms with Crippen LogP contribution in [0.15, 0.2) is 24.3 Å². The third-order valence-corrected chi connectivity index (χ3v) is 3.52. The topological polar surface area (TPSA) is 95.1 Å². The van der Waals surface area contributed by atoms with Crippen molar-refractivity contribution in [1.29, 1.82) is 0 Å². The Kier molecular flexibility index (Phi) is 5.23. The molecule has 0 radical (unpaired) electrons. The van der Waals surface area contributed by atoms with Crippen molar-refractivity contribution in [3.8, 4) is 11.4 Å². The van der Waals surface area contributed by atoms with Gasteiger partial charge in [0.05, 0.1) is 17.5 Å². The number of nitrogens with two attached hydrogens (primary N) is 1. The van der Waals surface area contributed by atoms with Crippen LogP contribution in [0.1, 0.15) is 43.9 Å². The number of ether oxygens (including phenoxy) is 1. The van der Waals surface area contributed by atoms with Crippen molar-refractivity contribution in [2.45, 2.75) is 46.3 Å². The summed E-state index contributed by atoms with van der Waals surface area (Å²) in [6.45, 7) is 9.81. The first-order valence-corrected chi connectivity index (χ1v) is 7.95. The van der Waals surface area contributed by atoms with Crippen molar-refractivity contribution in [3.05, 3.63) is 35.7 Å². The van der Waals surface area contributed by atoms with Crippen molar-refractivity contribution in [2.75, 3.05) is 6.54 Å². The number of nitrogens with one attached hydrogen (secondary N) is 1. The fourth-order valence-corrected chi connectivity index (χ4v) is 2.14. The largest absolute Gasteiger partial charge is 0.491 e. The average Bonchev–Trinajstić information content (AvgIpc) is 2.89. The minimum Gasteiger partial charge on any atom is -0.491 e. The summed E-state index contributed by atoms with van der Waals surface area (Å²) in [4.78, 5) is 12.4. The van der Waals surface area contributed by atoms with E-state index in [1.807, 2.05) is 58.9 Å². The van der Waals surface area contributed by atoms with Gasteiger partial charge in [0.2, 0.25) is 0 Å². The van der Waals surface area contributed by atoms with Gasteiger partial charge in [0.15, 0.2) is 5.69 Å². The van der Waals surface area contributed by atoms with Crippen LogP contribution in [0.4, 0.5) is 0 Å². The van der Waals surface area contributed by atoms with E-state index in [1.165, 1.54) is 0 Å². The fraction of sp³-hybridized carbons (Fsp3) is 0.471. The van der Waals surface area contributed by atoms with Gasteiger partial charge in [-0.15, -0.1) is 5.10 Å². The van der Waals surface area contributed by atoms with Gasteiger partial charge < -0.3 is 15.8 Å². The summed E-state index contributed by atoms with van der Waals surface area (Å²) in [7, 11) is 0. The highest BCUT2D eigenvalue weighted by Crippen LogP contribution is 2.18. The highest BCUT2D eigenvalue weighted by molar-refractivity contribution is 5.93. The van der Waals surface area contributed by atoms with Gasteiger partial charge >= 0.3 is 0 Å². The van der Waals surface area contributed by atoms with Crippen LogP contribution >= 0.6 is 0 Å².